The minimum atomic E-state index is 0.236. The quantitative estimate of drug-likeness (QED) is 0.431. The van der Waals surface area contributed by atoms with Crippen molar-refractivity contribution in [2.75, 3.05) is 12.5 Å². The number of hydrogen-bond donors (Lipinski definition) is 2. The number of pyridine rings is 1. The second-order valence-corrected chi connectivity index (χ2v) is 8.30. The maximum absolute atomic E-state index is 6.08. The standard InChI is InChI=1S/C19H15BrN6O2S/c20-12-6-13-14(28-10-27-13)7-15(12)29-19-24-16-17(21)23-9-26(18(16)25-19)5-3-11-2-1-4-22-8-11/h1-2,4,6-9H,3,5,10H2,(H2,21,24,25)/p+1. The number of benzene rings is 1. The Balaban J connectivity index is 1.45. The van der Waals surface area contributed by atoms with Gasteiger partial charge in [0.05, 0.1) is 6.54 Å². The molecular weight excluding hydrogens is 456 g/mol. The Hall–Kier alpha value is -2.85. The number of fused-ring (bicyclic) bond motifs is 2. The number of nitrogens with one attached hydrogen (secondary N) is 1. The highest BCUT2D eigenvalue weighted by Gasteiger charge is 2.22. The average Bonchev–Trinajstić information content (AvgIpc) is 3.36. The van der Waals surface area contributed by atoms with E-state index in [1.54, 1.807) is 12.5 Å². The van der Waals surface area contributed by atoms with Gasteiger partial charge in [0, 0.05) is 28.2 Å². The molecule has 146 valence electrons. The van der Waals surface area contributed by atoms with E-state index in [0.717, 1.165) is 55.7 Å². The summed E-state index contributed by atoms with van der Waals surface area (Å²) < 4.78 is 13.8. The van der Waals surface area contributed by atoms with Gasteiger partial charge in [-0.25, -0.2) is 4.57 Å². The van der Waals surface area contributed by atoms with Crippen molar-refractivity contribution >= 4 is 44.7 Å². The van der Waals surface area contributed by atoms with Crippen LogP contribution in [0.2, 0.25) is 0 Å². The van der Waals surface area contributed by atoms with Crippen LogP contribution >= 0.6 is 27.7 Å². The van der Waals surface area contributed by atoms with Crippen molar-refractivity contribution in [2.45, 2.75) is 23.0 Å². The zero-order chi connectivity index (χ0) is 19.8. The van der Waals surface area contributed by atoms with Crippen LogP contribution in [0.5, 0.6) is 11.5 Å². The summed E-state index contributed by atoms with van der Waals surface area (Å²) in [4.78, 5) is 17.5. The summed E-state index contributed by atoms with van der Waals surface area (Å²) in [5.74, 6) is 1.87. The van der Waals surface area contributed by atoms with Gasteiger partial charge in [0.2, 0.25) is 24.1 Å². The molecule has 4 heterocycles. The third-order valence-electron chi connectivity index (χ3n) is 4.53. The molecule has 8 nitrogen and oxygen atoms in total. The van der Waals surface area contributed by atoms with Crippen molar-refractivity contribution in [1.82, 2.24) is 19.9 Å². The molecule has 0 spiro atoms. The van der Waals surface area contributed by atoms with Crippen LogP contribution in [0.4, 0.5) is 5.82 Å². The molecule has 1 aliphatic heterocycles. The molecule has 3 aromatic heterocycles. The minimum Gasteiger partial charge on any atom is -0.454 e. The van der Waals surface area contributed by atoms with Gasteiger partial charge in [-0.2, -0.15) is 0 Å². The summed E-state index contributed by atoms with van der Waals surface area (Å²) in [6.07, 6.45) is 6.18. The molecule has 4 aromatic rings. The normalized spacial score (nSPS) is 12.6. The van der Waals surface area contributed by atoms with E-state index in [-0.39, 0.29) is 6.79 Å². The van der Waals surface area contributed by atoms with E-state index < -0.39 is 0 Å². The van der Waals surface area contributed by atoms with Crippen LogP contribution < -0.4 is 19.8 Å². The van der Waals surface area contributed by atoms with E-state index in [1.807, 2.05) is 29.0 Å². The lowest BCUT2D eigenvalue weighted by atomic mass is 10.2. The van der Waals surface area contributed by atoms with Gasteiger partial charge in [-0.3, -0.25) is 4.98 Å². The Morgan fingerprint density at radius 1 is 1.28 bits per heavy atom. The van der Waals surface area contributed by atoms with Crippen LogP contribution in [0.15, 0.2) is 57.5 Å². The molecule has 0 fully saturated rings. The number of rotatable bonds is 5. The van der Waals surface area contributed by atoms with Crippen LogP contribution in [-0.2, 0) is 13.0 Å². The fraction of sp³-hybridized carbons (Fsp3) is 0.158. The second kappa shape index (κ2) is 7.53. The second-order valence-electron chi connectivity index (χ2n) is 6.41. The number of nitrogens with two attached hydrogens (primary N) is 1. The fourth-order valence-corrected chi connectivity index (χ4v) is 4.45. The molecule has 1 aliphatic rings. The number of aromatic nitrogens is 5. The molecule has 0 unspecified atom stereocenters. The third-order valence-corrected chi connectivity index (χ3v) is 6.39. The number of anilines is 1. The molecule has 0 radical (unpaired) electrons. The summed E-state index contributed by atoms with van der Waals surface area (Å²) in [7, 11) is 0. The molecule has 10 heteroatoms. The van der Waals surface area contributed by atoms with E-state index in [1.165, 1.54) is 11.8 Å². The fourth-order valence-electron chi connectivity index (χ4n) is 3.07. The molecule has 5 rings (SSSR count). The maximum Gasteiger partial charge on any atom is 0.294 e. The Labute approximate surface area is 178 Å². The largest absolute Gasteiger partial charge is 0.454 e. The van der Waals surface area contributed by atoms with Gasteiger partial charge in [-0.1, -0.05) is 16.0 Å². The lowest BCUT2D eigenvalue weighted by Gasteiger charge is -2.03. The summed E-state index contributed by atoms with van der Waals surface area (Å²) in [5.41, 5.74) is 8.72. The van der Waals surface area contributed by atoms with Gasteiger partial charge in [-0.05, 0) is 51.5 Å². The maximum atomic E-state index is 6.08. The highest BCUT2D eigenvalue weighted by Crippen LogP contribution is 2.42. The number of imidazole rings is 1. The highest BCUT2D eigenvalue weighted by molar-refractivity contribution is 9.10. The first-order valence-electron chi connectivity index (χ1n) is 8.87. The Morgan fingerprint density at radius 2 is 2.14 bits per heavy atom. The van der Waals surface area contributed by atoms with E-state index in [4.69, 9.17) is 20.2 Å². The van der Waals surface area contributed by atoms with Crippen molar-refractivity contribution < 1.29 is 14.0 Å². The first kappa shape index (κ1) is 18.2. The van der Waals surface area contributed by atoms with Crippen molar-refractivity contribution in [3.8, 4) is 11.5 Å². The average molecular weight is 472 g/mol. The zero-order valence-corrected chi connectivity index (χ0v) is 17.5. The van der Waals surface area contributed by atoms with Crippen LogP contribution in [0.3, 0.4) is 0 Å². The number of ether oxygens (including phenoxy) is 2. The van der Waals surface area contributed by atoms with Crippen molar-refractivity contribution in [2.24, 2.45) is 0 Å². The highest BCUT2D eigenvalue weighted by atomic mass is 79.9. The zero-order valence-electron chi connectivity index (χ0n) is 15.1. The van der Waals surface area contributed by atoms with Crippen LogP contribution in [0.1, 0.15) is 5.56 Å². The van der Waals surface area contributed by atoms with Crippen LogP contribution in [-0.4, -0.2) is 26.7 Å². The van der Waals surface area contributed by atoms with Crippen molar-refractivity contribution in [1.29, 1.82) is 0 Å². The number of halogens is 1. The van der Waals surface area contributed by atoms with Crippen molar-refractivity contribution in [3.63, 3.8) is 0 Å². The number of nitrogen functional groups attached to an aromatic ring is 1. The first-order chi connectivity index (χ1) is 14.2. The third kappa shape index (κ3) is 3.60. The predicted octanol–water partition coefficient (Wildman–Crippen LogP) is 3.11. The summed E-state index contributed by atoms with van der Waals surface area (Å²) in [6, 6.07) is 7.82. The van der Waals surface area contributed by atoms with E-state index in [9.17, 15) is 0 Å². The molecule has 0 amide bonds. The first-order valence-corrected chi connectivity index (χ1v) is 10.5. The van der Waals surface area contributed by atoms with E-state index >= 15 is 0 Å². The topological polar surface area (TPSA) is 103 Å². The van der Waals surface area contributed by atoms with Gasteiger partial charge in [0.1, 0.15) is 0 Å². The number of aryl methyl sites for hydroxylation is 2. The smallest absolute Gasteiger partial charge is 0.294 e. The molecule has 0 bridgehead atoms. The lowest BCUT2D eigenvalue weighted by Crippen LogP contribution is -2.36. The summed E-state index contributed by atoms with van der Waals surface area (Å²) in [6.45, 7) is 0.956. The molecule has 0 saturated carbocycles. The lowest BCUT2D eigenvalue weighted by molar-refractivity contribution is -0.675. The monoisotopic (exact) mass is 471 g/mol. The SMILES string of the molecule is Nc1nc[n+](CCc2cccnc2)c2nc(Sc3cc4c(cc3Br)OCO4)[nH]c12. The number of H-pyrrole nitrogens is 1. The van der Waals surface area contributed by atoms with Gasteiger partial charge < -0.3 is 20.2 Å². The van der Waals surface area contributed by atoms with Gasteiger partial charge in [0.25, 0.3) is 5.65 Å². The van der Waals surface area contributed by atoms with E-state index in [2.05, 4.69) is 36.9 Å². The predicted molar refractivity (Wildman–Crippen MR) is 111 cm³/mol. The van der Waals surface area contributed by atoms with Crippen LogP contribution in [0, 0.1) is 0 Å². The molecule has 0 saturated heterocycles. The van der Waals surface area contributed by atoms with E-state index in [0.29, 0.717) is 5.82 Å². The molecule has 29 heavy (non-hydrogen) atoms. The van der Waals surface area contributed by atoms with Gasteiger partial charge in [-0.15, -0.1) is 0 Å². The molecular formula is C19H16BrN6O2S+. The summed E-state index contributed by atoms with van der Waals surface area (Å²) in [5, 5.41) is 0.717. The van der Waals surface area contributed by atoms with Crippen molar-refractivity contribution in [3.05, 3.63) is 53.0 Å². The van der Waals surface area contributed by atoms with Crippen LogP contribution in [0.25, 0.3) is 11.2 Å². The Bertz CT molecular complexity index is 1200. The molecule has 0 atom stereocenters. The molecule has 1 aromatic carbocycles. The van der Waals surface area contributed by atoms with Gasteiger partial charge >= 0.3 is 0 Å². The number of hydrogen-bond acceptors (Lipinski definition) is 7. The number of nitrogens with zero attached hydrogens (tertiary/aromatic N) is 4. The Morgan fingerprint density at radius 3 is 2.97 bits per heavy atom. The number of aromatic amines is 1. The summed E-state index contributed by atoms with van der Waals surface area (Å²) >= 11 is 5.07. The molecule has 3 N–H and O–H groups in total. The van der Waals surface area contributed by atoms with Gasteiger partial charge in [0.15, 0.2) is 17.0 Å². The molecule has 0 aliphatic carbocycles. The minimum absolute atomic E-state index is 0.236. The Kier molecular flexibility index (Phi) is 4.72.